The Morgan fingerprint density at radius 2 is 1.81 bits per heavy atom. The minimum Gasteiger partial charge on any atom is -0.351 e. The summed E-state index contributed by atoms with van der Waals surface area (Å²) in [6, 6.07) is 6.04. The Labute approximate surface area is 126 Å². The van der Waals surface area contributed by atoms with Crippen LogP contribution in [-0.4, -0.2) is 40.2 Å². The number of amides is 1. The molecule has 1 amide bonds. The maximum atomic E-state index is 12.1. The summed E-state index contributed by atoms with van der Waals surface area (Å²) in [5, 5.41) is 6.26. The third-order valence-electron chi connectivity index (χ3n) is 4.03. The van der Waals surface area contributed by atoms with E-state index in [1.165, 1.54) is 12.1 Å². The van der Waals surface area contributed by atoms with E-state index < -0.39 is 9.84 Å². The normalized spacial score (nSPS) is 18.2. The Balaban J connectivity index is 1.97. The second-order valence-electron chi connectivity index (χ2n) is 6.04. The topological polar surface area (TPSA) is 75.3 Å². The van der Waals surface area contributed by atoms with Crippen molar-refractivity contribution in [3.63, 3.8) is 0 Å². The van der Waals surface area contributed by atoms with E-state index >= 15 is 0 Å². The molecule has 5 nitrogen and oxygen atoms in total. The molecule has 1 fully saturated rings. The van der Waals surface area contributed by atoms with Gasteiger partial charge in [-0.05, 0) is 55.6 Å². The molecule has 116 valence electrons. The summed E-state index contributed by atoms with van der Waals surface area (Å²) in [4.78, 5) is 12.3. The summed E-state index contributed by atoms with van der Waals surface area (Å²) in [5.74, 6) is -0.158. The molecule has 1 saturated heterocycles. The van der Waals surface area contributed by atoms with E-state index in [0.29, 0.717) is 12.1 Å². The molecule has 0 saturated carbocycles. The zero-order chi connectivity index (χ0) is 15.5. The van der Waals surface area contributed by atoms with E-state index in [2.05, 4.69) is 17.6 Å². The first kappa shape index (κ1) is 16.0. The van der Waals surface area contributed by atoms with Crippen molar-refractivity contribution in [3.05, 3.63) is 29.8 Å². The van der Waals surface area contributed by atoms with Gasteiger partial charge < -0.3 is 10.6 Å². The van der Waals surface area contributed by atoms with Gasteiger partial charge in [-0.1, -0.05) is 6.92 Å². The summed E-state index contributed by atoms with van der Waals surface area (Å²) in [6.07, 6.45) is 3.24. The third-order valence-corrected chi connectivity index (χ3v) is 5.16. The molecular formula is C15H22N2O3S. The second kappa shape index (κ2) is 6.15. The Kier molecular flexibility index (Phi) is 4.68. The fourth-order valence-corrected chi connectivity index (χ4v) is 3.09. The van der Waals surface area contributed by atoms with Gasteiger partial charge in [0.2, 0.25) is 0 Å². The predicted octanol–water partition coefficient (Wildman–Crippen LogP) is 1.21. The molecule has 2 rings (SSSR count). The summed E-state index contributed by atoms with van der Waals surface area (Å²) in [7, 11) is -3.22. The van der Waals surface area contributed by atoms with Crippen molar-refractivity contribution in [1.82, 2.24) is 10.6 Å². The molecular weight excluding hydrogens is 288 g/mol. The highest BCUT2D eigenvalue weighted by Gasteiger charge is 2.27. The number of sulfone groups is 1. The van der Waals surface area contributed by atoms with E-state index in [1.807, 2.05) is 0 Å². The summed E-state index contributed by atoms with van der Waals surface area (Å²) < 4.78 is 22.8. The molecule has 1 aliphatic heterocycles. The van der Waals surface area contributed by atoms with Crippen molar-refractivity contribution in [2.75, 3.05) is 25.9 Å². The van der Waals surface area contributed by atoms with Crippen LogP contribution in [-0.2, 0) is 9.84 Å². The van der Waals surface area contributed by atoms with Gasteiger partial charge in [0, 0.05) is 18.4 Å². The summed E-state index contributed by atoms with van der Waals surface area (Å²) in [6.45, 7) is 4.78. The quantitative estimate of drug-likeness (QED) is 0.876. The van der Waals surface area contributed by atoms with Crippen LogP contribution >= 0.6 is 0 Å². The molecule has 1 heterocycles. The number of carbonyl (C=O) groups is 1. The van der Waals surface area contributed by atoms with Crippen molar-refractivity contribution >= 4 is 15.7 Å². The van der Waals surface area contributed by atoms with Crippen LogP contribution in [0, 0.1) is 5.41 Å². The highest BCUT2D eigenvalue weighted by atomic mass is 32.2. The SMILES string of the molecule is CC1(CNC(=O)c2ccc(S(C)(=O)=O)cc2)CCNCC1. The van der Waals surface area contributed by atoms with Crippen molar-refractivity contribution < 1.29 is 13.2 Å². The number of hydrogen-bond donors (Lipinski definition) is 2. The van der Waals surface area contributed by atoms with Crippen LogP contribution in [0.3, 0.4) is 0 Å². The van der Waals surface area contributed by atoms with Crippen LogP contribution in [0.4, 0.5) is 0 Å². The lowest BCUT2D eigenvalue weighted by Crippen LogP contribution is -2.42. The largest absolute Gasteiger partial charge is 0.351 e. The molecule has 1 aromatic carbocycles. The van der Waals surface area contributed by atoms with Gasteiger partial charge in [-0.15, -0.1) is 0 Å². The van der Waals surface area contributed by atoms with Crippen molar-refractivity contribution in [2.24, 2.45) is 5.41 Å². The molecule has 1 aromatic rings. The van der Waals surface area contributed by atoms with Crippen LogP contribution in [0.15, 0.2) is 29.2 Å². The van der Waals surface area contributed by atoms with Crippen LogP contribution in [0.1, 0.15) is 30.1 Å². The van der Waals surface area contributed by atoms with E-state index in [0.717, 1.165) is 32.2 Å². The van der Waals surface area contributed by atoms with Gasteiger partial charge in [0.15, 0.2) is 9.84 Å². The van der Waals surface area contributed by atoms with Crippen LogP contribution in [0.25, 0.3) is 0 Å². The highest BCUT2D eigenvalue weighted by Crippen LogP contribution is 2.26. The van der Waals surface area contributed by atoms with Gasteiger partial charge in [0.05, 0.1) is 4.90 Å². The maximum absolute atomic E-state index is 12.1. The van der Waals surface area contributed by atoms with Gasteiger partial charge in [-0.25, -0.2) is 8.42 Å². The number of nitrogens with one attached hydrogen (secondary N) is 2. The first-order valence-corrected chi connectivity index (χ1v) is 8.98. The Morgan fingerprint density at radius 3 is 2.33 bits per heavy atom. The molecule has 0 bridgehead atoms. The third kappa shape index (κ3) is 4.28. The second-order valence-corrected chi connectivity index (χ2v) is 8.06. The number of rotatable bonds is 4. The molecule has 0 atom stereocenters. The molecule has 2 N–H and O–H groups in total. The van der Waals surface area contributed by atoms with Crippen LogP contribution in [0.5, 0.6) is 0 Å². The van der Waals surface area contributed by atoms with Gasteiger partial charge in [-0.3, -0.25) is 4.79 Å². The minimum absolute atomic E-state index is 0.133. The first-order valence-electron chi connectivity index (χ1n) is 7.09. The van der Waals surface area contributed by atoms with E-state index in [9.17, 15) is 13.2 Å². The van der Waals surface area contributed by atoms with E-state index in [4.69, 9.17) is 0 Å². The number of carbonyl (C=O) groups excluding carboxylic acids is 1. The fourth-order valence-electron chi connectivity index (χ4n) is 2.46. The monoisotopic (exact) mass is 310 g/mol. The Hall–Kier alpha value is -1.40. The lowest BCUT2D eigenvalue weighted by molar-refractivity contribution is 0.0922. The van der Waals surface area contributed by atoms with Crippen molar-refractivity contribution in [2.45, 2.75) is 24.7 Å². The minimum atomic E-state index is -3.22. The average Bonchev–Trinajstić information content (AvgIpc) is 2.45. The van der Waals surface area contributed by atoms with E-state index in [-0.39, 0.29) is 16.2 Å². The van der Waals surface area contributed by atoms with Crippen LogP contribution in [0.2, 0.25) is 0 Å². The molecule has 0 aromatic heterocycles. The molecule has 0 radical (unpaired) electrons. The molecule has 1 aliphatic rings. The van der Waals surface area contributed by atoms with Gasteiger partial charge >= 0.3 is 0 Å². The zero-order valence-electron chi connectivity index (χ0n) is 12.5. The number of piperidine rings is 1. The number of hydrogen-bond acceptors (Lipinski definition) is 4. The molecule has 21 heavy (non-hydrogen) atoms. The average molecular weight is 310 g/mol. The summed E-state index contributed by atoms with van der Waals surface area (Å²) >= 11 is 0. The maximum Gasteiger partial charge on any atom is 0.251 e. The Bertz CT molecular complexity index is 602. The van der Waals surface area contributed by atoms with Gasteiger partial charge in [0.25, 0.3) is 5.91 Å². The predicted molar refractivity (Wildman–Crippen MR) is 82.1 cm³/mol. The highest BCUT2D eigenvalue weighted by molar-refractivity contribution is 7.90. The molecule has 6 heteroatoms. The van der Waals surface area contributed by atoms with Gasteiger partial charge in [0.1, 0.15) is 0 Å². The smallest absolute Gasteiger partial charge is 0.251 e. The first-order chi connectivity index (χ1) is 9.80. The summed E-state index contributed by atoms with van der Waals surface area (Å²) in [5.41, 5.74) is 0.619. The lowest BCUT2D eigenvalue weighted by Gasteiger charge is -2.34. The van der Waals surface area contributed by atoms with Crippen molar-refractivity contribution in [1.29, 1.82) is 0 Å². The molecule has 0 unspecified atom stereocenters. The van der Waals surface area contributed by atoms with Crippen LogP contribution < -0.4 is 10.6 Å². The lowest BCUT2D eigenvalue weighted by atomic mass is 9.81. The number of benzene rings is 1. The van der Waals surface area contributed by atoms with Crippen molar-refractivity contribution in [3.8, 4) is 0 Å². The zero-order valence-corrected chi connectivity index (χ0v) is 13.3. The standard InChI is InChI=1S/C15H22N2O3S/c1-15(7-9-16-10-8-15)11-17-14(18)12-3-5-13(6-4-12)21(2,19)20/h3-6,16H,7-11H2,1-2H3,(H,17,18). The van der Waals surface area contributed by atoms with E-state index in [1.54, 1.807) is 12.1 Å². The Morgan fingerprint density at radius 1 is 1.24 bits per heavy atom. The van der Waals surface area contributed by atoms with Gasteiger partial charge in [-0.2, -0.15) is 0 Å². The fraction of sp³-hybridized carbons (Fsp3) is 0.533. The molecule has 0 aliphatic carbocycles. The molecule has 0 spiro atoms.